The first kappa shape index (κ1) is 13.3. The highest BCUT2D eigenvalue weighted by Crippen LogP contribution is 2.26. The van der Waals surface area contributed by atoms with Crippen LogP contribution in [0, 0.1) is 28.6 Å². The molecule has 0 aliphatic heterocycles. The Labute approximate surface area is 104 Å². The molecule has 0 saturated carbocycles. The smallest absolute Gasteiger partial charge is 0.223 e. The quantitative estimate of drug-likeness (QED) is 0.607. The maximum absolute atomic E-state index is 11.5. The van der Waals surface area contributed by atoms with Crippen LogP contribution in [0.3, 0.4) is 0 Å². The lowest BCUT2D eigenvalue weighted by Crippen LogP contribution is -2.33. The average molecular weight is 244 g/mol. The monoisotopic (exact) mass is 244 g/mol. The molecule has 0 aliphatic carbocycles. The molecule has 0 bridgehead atoms. The number of nitrogens with two attached hydrogens (primary N) is 1. The number of phenolic OH excluding ortho intramolecular Hbond substituents is 1. The number of hydrogen-bond donors (Lipinski definition) is 2. The first-order valence-corrected chi connectivity index (χ1v) is 5.15. The molecule has 1 rings (SSSR count). The molecule has 1 aromatic carbocycles. The predicted octanol–water partition coefficient (Wildman–Crippen LogP) is 0.991. The van der Waals surface area contributed by atoms with Gasteiger partial charge in [0.15, 0.2) is 5.92 Å². The van der Waals surface area contributed by atoms with Crippen LogP contribution in [0.5, 0.6) is 5.75 Å². The number of hydrogen-bond acceptors (Lipinski definition) is 5. The predicted molar refractivity (Wildman–Crippen MR) is 65.3 cm³/mol. The molecular weight excluding hydrogens is 232 g/mol. The summed E-state index contributed by atoms with van der Waals surface area (Å²) < 4.78 is 0. The van der Waals surface area contributed by atoms with Crippen LogP contribution in [0.4, 0.5) is 11.4 Å². The van der Waals surface area contributed by atoms with E-state index in [0.29, 0.717) is 5.69 Å². The molecule has 6 nitrogen and oxygen atoms in total. The Hall–Kier alpha value is -2.73. The van der Waals surface area contributed by atoms with Crippen LogP contribution in [0.2, 0.25) is 0 Å². The van der Waals surface area contributed by atoms with E-state index in [1.807, 2.05) is 0 Å². The number of nitrogens with zero attached hydrogens (tertiary/aromatic N) is 3. The van der Waals surface area contributed by atoms with Crippen molar-refractivity contribution in [3.63, 3.8) is 0 Å². The van der Waals surface area contributed by atoms with Crippen molar-refractivity contribution in [2.45, 2.75) is 6.92 Å². The van der Waals surface area contributed by atoms with Crippen molar-refractivity contribution in [1.82, 2.24) is 0 Å². The molecule has 6 heteroatoms. The average Bonchev–Trinajstić information content (AvgIpc) is 2.34. The Bertz CT molecular complexity index is 528. The number of anilines is 2. The summed E-state index contributed by atoms with van der Waals surface area (Å²) in [6, 6.07) is 7.87. The van der Waals surface area contributed by atoms with Gasteiger partial charge in [-0.15, -0.1) is 0 Å². The third-order valence-electron chi connectivity index (χ3n) is 2.38. The lowest BCUT2D eigenvalue weighted by atomic mass is 10.1. The van der Waals surface area contributed by atoms with Crippen LogP contribution in [-0.4, -0.2) is 17.6 Å². The lowest BCUT2D eigenvalue weighted by Gasteiger charge is -2.21. The number of amides is 1. The Morgan fingerprint density at radius 1 is 1.50 bits per heavy atom. The van der Waals surface area contributed by atoms with E-state index in [0.717, 1.165) is 0 Å². The molecule has 0 fully saturated rings. The summed E-state index contributed by atoms with van der Waals surface area (Å²) in [6.07, 6.45) is 0. The van der Waals surface area contributed by atoms with Gasteiger partial charge in [0.05, 0.1) is 24.4 Å². The molecule has 0 atom stereocenters. The molecule has 0 spiro atoms. The normalized spacial score (nSPS) is 9.56. The highest BCUT2D eigenvalue weighted by molar-refractivity contribution is 5.92. The largest absolute Gasteiger partial charge is 0.506 e. The van der Waals surface area contributed by atoms with Crippen molar-refractivity contribution < 1.29 is 9.90 Å². The van der Waals surface area contributed by atoms with Crippen molar-refractivity contribution >= 4 is 17.3 Å². The Morgan fingerprint density at radius 2 is 2.11 bits per heavy atom. The van der Waals surface area contributed by atoms with Gasteiger partial charge in [-0.3, -0.25) is 4.79 Å². The van der Waals surface area contributed by atoms with E-state index in [4.69, 9.17) is 16.3 Å². The van der Waals surface area contributed by atoms with Crippen LogP contribution in [0.1, 0.15) is 6.92 Å². The maximum Gasteiger partial charge on any atom is 0.223 e. The van der Waals surface area contributed by atoms with Crippen LogP contribution in [-0.2, 0) is 4.79 Å². The topological polar surface area (TPSA) is 114 Å². The zero-order valence-electron chi connectivity index (χ0n) is 9.79. The van der Waals surface area contributed by atoms with E-state index in [1.165, 1.54) is 30.0 Å². The van der Waals surface area contributed by atoms with Gasteiger partial charge in [0.2, 0.25) is 5.91 Å². The minimum absolute atomic E-state index is 0.0352. The van der Waals surface area contributed by atoms with Gasteiger partial charge in [-0.25, -0.2) is 0 Å². The summed E-state index contributed by atoms with van der Waals surface area (Å²) in [7, 11) is 0. The van der Waals surface area contributed by atoms with Crippen LogP contribution in [0.25, 0.3) is 0 Å². The first-order valence-electron chi connectivity index (χ1n) is 5.15. The number of carbonyl (C=O) groups excluding carboxylic acids is 1. The molecule has 1 aromatic rings. The fourth-order valence-corrected chi connectivity index (χ4v) is 1.42. The number of benzene rings is 1. The molecule has 0 unspecified atom stereocenters. The Kier molecular flexibility index (Phi) is 4.11. The third-order valence-corrected chi connectivity index (χ3v) is 2.38. The van der Waals surface area contributed by atoms with Gasteiger partial charge in [-0.05, 0) is 18.2 Å². The first-order chi connectivity index (χ1) is 8.49. The molecule has 0 heterocycles. The second-order valence-electron chi connectivity index (χ2n) is 3.68. The number of carbonyl (C=O) groups is 1. The number of aromatic hydroxyl groups is 1. The summed E-state index contributed by atoms with van der Waals surface area (Å²) in [5.74, 6) is -1.31. The summed E-state index contributed by atoms with van der Waals surface area (Å²) in [5, 5.41) is 26.8. The number of nitrogen functional groups attached to an aromatic ring is 1. The van der Waals surface area contributed by atoms with Crippen LogP contribution < -0.4 is 10.6 Å². The molecular formula is C12H12N4O2. The molecule has 0 aromatic heterocycles. The van der Waals surface area contributed by atoms with Crippen molar-refractivity contribution in [1.29, 1.82) is 10.5 Å². The molecule has 3 N–H and O–H groups in total. The van der Waals surface area contributed by atoms with Crippen molar-refractivity contribution in [2.75, 3.05) is 17.2 Å². The van der Waals surface area contributed by atoms with Gasteiger partial charge in [0, 0.05) is 12.6 Å². The summed E-state index contributed by atoms with van der Waals surface area (Å²) in [4.78, 5) is 12.8. The summed E-state index contributed by atoms with van der Waals surface area (Å²) in [5.41, 5.74) is 6.10. The second kappa shape index (κ2) is 5.55. The van der Waals surface area contributed by atoms with Gasteiger partial charge < -0.3 is 15.7 Å². The molecule has 0 saturated heterocycles. The summed E-state index contributed by atoms with van der Waals surface area (Å²) in [6.45, 7) is 1.29. The van der Waals surface area contributed by atoms with E-state index in [1.54, 1.807) is 12.1 Å². The van der Waals surface area contributed by atoms with Gasteiger partial charge >= 0.3 is 0 Å². The number of phenols is 1. The third kappa shape index (κ3) is 2.89. The molecule has 0 radical (unpaired) electrons. The van der Waals surface area contributed by atoms with Crippen molar-refractivity contribution in [2.24, 2.45) is 5.92 Å². The van der Waals surface area contributed by atoms with Gasteiger partial charge in [-0.2, -0.15) is 10.5 Å². The van der Waals surface area contributed by atoms with Crippen LogP contribution in [0.15, 0.2) is 18.2 Å². The van der Waals surface area contributed by atoms with Crippen LogP contribution >= 0.6 is 0 Å². The fourth-order valence-electron chi connectivity index (χ4n) is 1.42. The molecule has 1 amide bonds. The molecule has 92 valence electrons. The van der Waals surface area contributed by atoms with E-state index >= 15 is 0 Å². The van der Waals surface area contributed by atoms with Gasteiger partial charge in [0.1, 0.15) is 5.75 Å². The van der Waals surface area contributed by atoms with E-state index < -0.39 is 5.92 Å². The van der Waals surface area contributed by atoms with Crippen molar-refractivity contribution in [3.8, 4) is 17.9 Å². The van der Waals surface area contributed by atoms with Gasteiger partial charge in [0.25, 0.3) is 0 Å². The minimum atomic E-state index is -0.913. The number of nitriles is 2. The highest BCUT2D eigenvalue weighted by atomic mass is 16.3. The lowest BCUT2D eigenvalue weighted by molar-refractivity contribution is -0.116. The molecule has 0 aliphatic rings. The molecule has 18 heavy (non-hydrogen) atoms. The second-order valence-corrected chi connectivity index (χ2v) is 3.68. The maximum atomic E-state index is 11.5. The van der Waals surface area contributed by atoms with Crippen molar-refractivity contribution in [3.05, 3.63) is 18.2 Å². The van der Waals surface area contributed by atoms with E-state index in [-0.39, 0.29) is 23.9 Å². The highest BCUT2D eigenvalue weighted by Gasteiger charge is 2.18. The number of rotatable bonds is 3. The van der Waals surface area contributed by atoms with E-state index in [9.17, 15) is 9.90 Å². The minimum Gasteiger partial charge on any atom is -0.506 e. The SMILES string of the molecule is CC(=O)N(CC(C#N)C#N)c1ccc(O)c(N)c1. The fraction of sp³-hybridized carbons (Fsp3) is 0.250. The summed E-state index contributed by atoms with van der Waals surface area (Å²) >= 11 is 0. The van der Waals surface area contributed by atoms with Gasteiger partial charge in [-0.1, -0.05) is 0 Å². The Morgan fingerprint density at radius 3 is 2.56 bits per heavy atom. The zero-order valence-corrected chi connectivity index (χ0v) is 9.79. The standard InChI is InChI=1S/C12H12N4O2/c1-8(17)16(7-9(5-13)6-14)10-2-3-12(18)11(15)4-10/h2-4,9,18H,7,15H2,1H3. The zero-order chi connectivity index (χ0) is 13.7. The van der Waals surface area contributed by atoms with E-state index in [2.05, 4.69) is 0 Å². The Balaban J connectivity index is 3.06.